The van der Waals surface area contributed by atoms with Gasteiger partial charge >= 0.3 is 0 Å². The quantitative estimate of drug-likeness (QED) is 0.268. The number of nitro benzene ring substituents is 1. The number of nitrogens with zero attached hydrogens (tertiary/aromatic N) is 1. The molecule has 0 bridgehead atoms. The third kappa shape index (κ3) is 4.31. The second kappa shape index (κ2) is 7.61. The van der Waals surface area contributed by atoms with Crippen molar-refractivity contribution in [1.29, 1.82) is 0 Å². The lowest BCUT2D eigenvalue weighted by atomic mass is 10.0. The Balaban J connectivity index is 2.19. The predicted molar refractivity (Wildman–Crippen MR) is 88.0 cm³/mol. The van der Waals surface area contributed by atoms with Gasteiger partial charge in [0, 0.05) is 17.7 Å². The average molecular weight is 307 g/mol. The molecular weight excluding hydrogens is 294 g/mol. The molecule has 0 aromatic heterocycles. The standard InChI is InChI=1S/C18H13NO4/c20-13-3-6-14-4-1-2-5-15(14)9-12-18(21)16-7-10-17(11-8-16)19(22)23/h1-13H/b6-3+,12-9+. The van der Waals surface area contributed by atoms with Crippen molar-refractivity contribution in [3.8, 4) is 0 Å². The number of hydrogen-bond acceptors (Lipinski definition) is 4. The third-order valence-electron chi connectivity index (χ3n) is 3.13. The molecule has 0 aliphatic rings. The molecule has 114 valence electrons. The summed E-state index contributed by atoms with van der Waals surface area (Å²) in [5.74, 6) is -0.255. The van der Waals surface area contributed by atoms with Crippen LogP contribution in [0.25, 0.3) is 12.2 Å². The molecule has 0 unspecified atom stereocenters. The van der Waals surface area contributed by atoms with E-state index in [0.717, 1.165) is 11.1 Å². The van der Waals surface area contributed by atoms with Crippen LogP contribution >= 0.6 is 0 Å². The number of ketones is 1. The molecule has 0 aliphatic carbocycles. The summed E-state index contributed by atoms with van der Waals surface area (Å²) in [5, 5.41) is 10.6. The molecule has 0 heterocycles. The first-order valence-corrected chi connectivity index (χ1v) is 6.79. The number of aldehydes is 1. The van der Waals surface area contributed by atoms with E-state index in [1.807, 2.05) is 24.3 Å². The van der Waals surface area contributed by atoms with Crippen molar-refractivity contribution >= 4 is 29.9 Å². The van der Waals surface area contributed by atoms with Crippen LogP contribution in [-0.4, -0.2) is 17.0 Å². The van der Waals surface area contributed by atoms with Gasteiger partial charge in [-0.1, -0.05) is 36.4 Å². The zero-order valence-electron chi connectivity index (χ0n) is 12.1. The summed E-state index contributed by atoms with van der Waals surface area (Å²) in [6, 6.07) is 12.7. The van der Waals surface area contributed by atoms with Crippen molar-refractivity contribution in [1.82, 2.24) is 0 Å². The Kier molecular flexibility index (Phi) is 5.30. The monoisotopic (exact) mass is 307 g/mol. The molecule has 0 aliphatic heterocycles. The summed E-state index contributed by atoms with van der Waals surface area (Å²) in [4.78, 5) is 32.6. The van der Waals surface area contributed by atoms with Gasteiger partial charge in [0.2, 0.25) is 0 Å². The molecule has 5 nitrogen and oxygen atoms in total. The lowest BCUT2D eigenvalue weighted by Crippen LogP contribution is -1.95. The number of non-ortho nitro benzene ring substituents is 1. The Morgan fingerprint density at radius 2 is 1.57 bits per heavy atom. The fourth-order valence-electron chi connectivity index (χ4n) is 1.97. The van der Waals surface area contributed by atoms with Gasteiger partial charge in [-0.25, -0.2) is 0 Å². The molecule has 0 saturated carbocycles. The van der Waals surface area contributed by atoms with Crippen molar-refractivity contribution in [2.75, 3.05) is 0 Å². The topological polar surface area (TPSA) is 77.3 Å². The van der Waals surface area contributed by atoms with Crippen LogP contribution in [0.5, 0.6) is 0 Å². The SMILES string of the molecule is O=C/C=C/c1ccccc1/C=C/C(=O)c1ccc([N+](=O)[O-])cc1. The molecule has 0 saturated heterocycles. The highest BCUT2D eigenvalue weighted by molar-refractivity contribution is 6.07. The number of hydrogen-bond donors (Lipinski definition) is 0. The van der Waals surface area contributed by atoms with E-state index >= 15 is 0 Å². The highest BCUT2D eigenvalue weighted by Gasteiger charge is 2.07. The summed E-state index contributed by atoms with van der Waals surface area (Å²) in [5.41, 5.74) is 1.91. The Morgan fingerprint density at radius 1 is 0.957 bits per heavy atom. The first-order valence-electron chi connectivity index (χ1n) is 6.79. The van der Waals surface area contributed by atoms with Gasteiger partial charge in [0.1, 0.15) is 6.29 Å². The van der Waals surface area contributed by atoms with Crippen molar-refractivity contribution in [2.45, 2.75) is 0 Å². The summed E-state index contributed by atoms with van der Waals surface area (Å²) in [7, 11) is 0. The first-order chi connectivity index (χ1) is 11.1. The lowest BCUT2D eigenvalue weighted by molar-refractivity contribution is -0.384. The summed E-state index contributed by atoms with van der Waals surface area (Å²) < 4.78 is 0. The summed E-state index contributed by atoms with van der Waals surface area (Å²) >= 11 is 0. The number of carbonyl (C=O) groups is 2. The summed E-state index contributed by atoms with van der Waals surface area (Å²) in [6.45, 7) is 0. The van der Waals surface area contributed by atoms with Gasteiger partial charge in [0.25, 0.3) is 5.69 Å². The Bertz CT molecular complexity index is 789. The average Bonchev–Trinajstić information content (AvgIpc) is 2.58. The smallest absolute Gasteiger partial charge is 0.269 e. The van der Waals surface area contributed by atoms with E-state index in [-0.39, 0.29) is 11.5 Å². The Hall–Kier alpha value is -3.34. The number of benzene rings is 2. The number of rotatable bonds is 6. The van der Waals surface area contributed by atoms with Crippen LogP contribution in [0, 0.1) is 10.1 Å². The number of allylic oxidation sites excluding steroid dienone is 2. The van der Waals surface area contributed by atoms with E-state index in [2.05, 4.69) is 0 Å². The largest absolute Gasteiger partial charge is 0.299 e. The Morgan fingerprint density at radius 3 is 2.13 bits per heavy atom. The molecule has 2 rings (SSSR count). The zero-order chi connectivity index (χ0) is 16.7. The first kappa shape index (κ1) is 16.0. The normalized spacial score (nSPS) is 11.0. The molecular formula is C18H13NO4. The van der Waals surface area contributed by atoms with Crippen LogP contribution in [0.2, 0.25) is 0 Å². The van der Waals surface area contributed by atoms with E-state index in [0.29, 0.717) is 11.8 Å². The molecule has 2 aromatic rings. The van der Waals surface area contributed by atoms with Crippen LogP contribution in [0.4, 0.5) is 5.69 Å². The van der Waals surface area contributed by atoms with E-state index in [1.165, 1.54) is 36.4 Å². The van der Waals surface area contributed by atoms with Crippen LogP contribution in [0.1, 0.15) is 21.5 Å². The highest BCUT2D eigenvalue weighted by atomic mass is 16.6. The minimum atomic E-state index is -0.514. The minimum absolute atomic E-state index is 0.0603. The third-order valence-corrected chi connectivity index (χ3v) is 3.13. The van der Waals surface area contributed by atoms with E-state index in [1.54, 1.807) is 12.2 Å². The van der Waals surface area contributed by atoms with Gasteiger partial charge in [-0.15, -0.1) is 0 Å². The Labute approximate surface area is 132 Å². The molecule has 23 heavy (non-hydrogen) atoms. The van der Waals surface area contributed by atoms with E-state index < -0.39 is 4.92 Å². The van der Waals surface area contributed by atoms with Gasteiger partial charge in [-0.3, -0.25) is 19.7 Å². The van der Waals surface area contributed by atoms with Gasteiger partial charge < -0.3 is 0 Å². The van der Waals surface area contributed by atoms with E-state index in [4.69, 9.17) is 0 Å². The molecule has 5 heteroatoms. The maximum atomic E-state index is 12.1. The van der Waals surface area contributed by atoms with Gasteiger partial charge in [-0.2, -0.15) is 0 Å². The fraction of sp³-hybridized carbons (Fsp3) is 0. The molecule has 0 radical (unpaired) electrons. The maximum Gasteiger partial charge on any atom is 0.269 e. The van der Waals surface area contributed by atoms with Crippen LogP contribution in [0.15, 0.2) is 60.7 Å². The zero-order valence-corrected chi connectivity index (χ0v) is 12.1. The second-order valence-electron chi connectivity index (χ2n) is 4.63. The molecule has 0 fully saturated rings. The summed E-state index contributed by atoms with van der Waals surface area (Å²) in [6.07, 6.45) is 6.76. The molecule has 0 amide bonds. The maximum absolute atomic E-state index is 12.1. The van der Waals surface area contributed by atoms with E-state index in [9.17, 15) is 19.7 Å². The molecule has 0 N–H and O–H groups in total. The predicted octanol–water partition coefficient (Wildman–Crippen LogP) is 3.70. The number of nitro groups is 1. The van der Waals surface area contributed by atoms with Gasteiger partial charge in [0.05, 0.1) is 4.92 Å². The van der Waals surface area contributed by atoms with Crippen molar-refractivity contribution in [3.05, 3.63) is 87.5 Å². The minimum Gasteiger partial charge on any atom is -0.299 e. The molecule has 0 atom stereocenters. The van der Waals surface area contributed by atoms with Crippen molar-refractivity contribution in [2.24, 2.45) is 0 Å². The second-order valence-corrected chi connectivity index (χ2v) is 4.63. The van der Waals surface area contributed by atoms with Crippen molar-refractivity contribution < 1.29 is 14.5 Å². The molecule has 2 aromatic carbocycles. The van der Waals surface area contributed by atoms with Gasteiger partial charge in [0.15, 0.2) is 5.78 Å². The fourth-order valence-corrected chi connectivity index (χ4v) is 1.97. The van der Waals surface area contributed by atoms with Crippen LogP contribution < -0.4 is 0 Å². The number of carbonyl (C=O) groups excluding carboxylic acids is 2. The highest BCUT2D eigenvalue weighted by Crippen LogP contribution is 2.15. The van der Waals surface area contributed by atoms with Crippen LogP contribution in [-0.2, 0) is 4.79 Å². The van der Waals surface area contributed by atoms with Crippen LogP contribution in [0.3, 0.4) is 0 Å². The molecule has 0 spiro atoms. The van der Waals surface area contributed by atoms with Gasteiger partial charge in [-0.05, 0) is 35.4 Å². The lowest BCUT2D eigenvalue weighted by Gasteiger charge is -2.00. The van der Waals surface area contributed by atoms with Crippen molar-refractivity contribution in [3.63, 3.8) is 0 Å².